The van der Waals surface area contributed by atoms with E-state index in [0.717, 1.165) is 10.2 Å². The molecule has 1 atom stereocenters. The molecule has 2 aromatic heterocycles. The fourth-order valence-corrected chi connectivity index (χ4v) is 4.28. The molecule has 0 radical (unpaired) electrons. The van der Waals surface area contributed by atoms with Crippen molar-refractivity contribution in [2.75, 3.05) is 0 Å². The summed E-state index contributed by atoms with van der Waals surface area (Å²) < 4.78 is 6.04. The third-order valence-corrected chi connectivity index (χ3v) is 4.88. The van der Waals surface area contributed by atoms with Gasteiger partial charge in [0.25, 0.3) is 0 Å². The minimum absolute atomic E-state index is 0.204. The number of aryl methyl sites for hydroxylation is 2. The van der Waals surface area contributed by atoms with Crippen molar-refractivity contribution in [3.63, 3.8) is 0 Å². The van der Waals surface area contributed by atoms with Gasteiger partial charge in [0.2, 0.25) is 0 Å². The monoisotopic (exact) mass is 348 g/mol. The average Bonchev–Trinajstić information content (AvgIpc) is 2.71. The standard InChI is InChI=1S/C11H10Br2OS/c1-6-5-9(7(2)15-6)10(12)8-3-4-14-11(8)13/h3-5,10H,1-2H3. The van der Waals surface area contributed by atoms with Gasteiger partial charge in [-0.25, -0.2) is 0 Å². The molecule has 0 spiro atoms. The summed E-state index contributed by atoms with van der Waals surface area (Å²) in [6.45, 7) is 4.28. The number of halogens is 2. The van der Waals surface area contributed by atoms with Crippen molar-refractivity contribution < 1.29 is 4.42 Å². The Labute approximate surface area is 110 Å². The normalized spacial score (nSPS) is 13.1. The van der Waals surface area contributed by atoms with Crippen molar-refractivity contribution >= 4 is 43.2 Å². The highest BCUT2D eigenvalue weighted by Crippen LogP contribution is 2.39. The molecule has 2 rings (SSSR count). The van der Waals surface area contributed by atoms with Gasteiger partial charge in [-0.1, -0.05) is 15.9 Å². The average molecular weight is 350 g/mol. The summed E-state index contributed by atoms with van der Waals surface area (Å²) in [7, 11) is 0. The Bertz CT molecular complexity index is 473. The van der Waals surface area contributed by atoms with E-state index in [9.17, 15) is 0 Å². The SMILES string of the molecule is Cc1cc(C(Br)c2ccoc2Br)c(C)s1. The molecule has 0 bridgehead atoms. The van der Waals surface area contributed by atoms with E-state index in [-0.39, 0.29) is 4.83 Å². The van der Waals surface area contributed by atoms with E-state index in [1.54, 1.807) is 6.26 Å². The summed E-state index contributed by atoms with van der Waals surface area (Å²) in [5.74, 6) is 0. The summed E-state index contributed by atoms with van der Waals surface area (Å²) >= 11 is 8.93. The Morgan fingerprint density at radius 3 is 2.53 bits per heavy atom. The van der Waals surface area contributed by atoms with Crippen LogP contribution in [0, 0.1) is 13.8 Å². The maximum atomic E-state index is 5.24. The lowest BCUT2D eigenvalue weighted by atomic mass is 10.1. The molecule has 0 aliphatic heterocycles. The lowest BCUT2D eigenvalue weighted by Crippen LogP contribution is -1.91. The highest BCUT2D eigenvalue weighted by Gasteiger charge is 2.18. The van der Waals surface area contributed by atoms with E-state index in [4.69, 9.17) is 4.42 Å². The molecule has 80 valence electrons. The molecule has 2 aromatic rings. The van der Waals surface area contributed by atoms with Crippen molar-refractivity contribution in [2.24, 2.45) is 0 Å². The van der Waals surface area contributed by atoms with Crippen LogP contribution in [0.3, 0.4) is 0 Å². The van der Waals surface area contributed by atoms with Gasteiger partial charge in [-0.3, -0.25) is 0 Å². The summed E-state index contributed by atoms with van der Waals surface area (Å²) in [5.41, 5.74) is 2.45. The van der Waals surface area contributed by atoms with Crippen molar-refractivity contribution in [2.45, 2.75) is 18.7 Å². The molecule has 1 nitrogen and oxygen atoms in total. The molecule has 0 amide bonds. The molecule has 2 heterocycles. The molecule has 15 heavy (non-hydrogen) atoms. The van der Waals surface area contributed by atoms with Gasteiger partial charge >= 0.3 is 0 Å². The zero-order valence-electron chi connectivity index (χ0n) is 8.38. The molecule has 0 fully saturated rings. The Balaban J connectivity index is 2.40. The third kappa shape index (κ3) is 2.22. The highest BCUT2D eigenvalue weighted by atomic mass is 79.9. The Kier molecular flexibility index (Phi) is 3.38. The molecule has 0 N–H and O–H groups in total. The zero-order chi connectivity index (χ0) is 11.0. The van der Waals surface area contributed by atoms with Crippen LogP contribution >= 0.6 is 43.2 Å². The van der Waals surface area contributed by atoms with Gasteiger partial charge in [0.15, 0.2) is 4.67 Å². The number of rotatable bonds is 2. The summed E-state index contributed by atoms with van der Waals surface area (Å²) in [4.78, 5) is 2.89. The highest BCUT2D eigenvalue weighted by molar-refractivity contribution is 9.10. The van der Waals surface area contributed by atoms with Crippen molar-refractivity contribution in [3.05, 3.63) is 43.9 Å². The topological polar surface area (TPSA) is 13.1 Å². The first-order valence-corrected chi connectivity index (χ1v) is 7.06. The number of hydrogen-bond donors (Lipinski definition) is 0. The Hall–Kier alpha value is -0.0600. The summed E-state index contributed by atoms with van der Waals surface area (Å²) in [5, 5.41) is 0. The van der Waals surface area contributed by atoms with E-state index >= 15 is 0 Å². The number of thiophene rings is 1. The zero-order valence-corrected chi connectivity index (χ0v) is 12.4. The summed E-state index contributed by atoms with van der Waals surface area (Å²) in [6, 6.07) is 4.20. The lowest BCUT2D eigenvalue weighted by Gasteiger charge is -2.07. The first-order chi connectivity index (χ1) is 7.09. The third-order valence-electron chi connectivity index (χ3n) is 2.27. The van der Waals surface area contributed by atoms with Gasteiger partial charge in [0.1, 0.15) is 0 Å². The molecule has 0 saturated carbocycles. The molecule has 0 aromatic carbocycles. The van der Waals surface area contributed by atoms with Gasteiger partial charge in [0.05, 0.1) is 11.1 Å². The van der Waals surface area contributed by atoms with E-state index in [0.29, 0.717) is 0 Å². The second kappa shape index (κ2) is 4.44. The molecule has 4 heteroatoms. The maximum absolute atomic E-state index is 5.24. The van der Waals surface area contributed by atoms with E-state index in [2.05, 4.69) is 51.8 Å². The predicted molar refractivity (Wildman–Crippen MR) is 71.0 cm³/mol. The van der Waals surface area contributed by atoms with Gasteiger partial charge in [-0.05, 0) is 47.5 Å². The molecule has 0 saturated heterocycles. The molecule has 0 aliphatic rings. The van der Waals surface area contributed by atoms with Crippen LogP contribution in [-0.4, -0.2) is 0 Å². The van der Waals surface area contributed by atoms with Crippen LogP contribution in [0.15, 0.2) is 27.5 Å². The first-order valence-electron chi connectivity index (χ1n) is 4.53. The molecular formula is C11H10Br2OS. The van der Waals surface area contributed by atoms with Gasteiger partial charge in [-0.15, -0.1) is 11.3 Å². The second-order valence-corrected chi connectivity index (χ2v) is 6.48. The van der Waals surface area contributed by atoms with E-state index in [1.165, 1.54) is 15.3 Å². The van der Waals surface area contributed by atoms with Crippen molar-refractivity contribution in [1.29, 1.82) is 0 Å². The van der Waals surface area contributed by atoms with E-state index in [1.807, 2.05) is 17.4 Å². The molecule has 0 aliphatic carbocycles. The molecule has 1 unspecified atom stereocenters. The first kappa shape index (κ1) is 11.4. The van der Waals surface area contributed by atoms with Crippen LogP contribution in [0.1, 0.15) is 25.7 Å². The fourth-order valence-electron chi connectivity index (χ4n) is 1.55. The number of alkyl halides is 1. The van der Waals surface area contributed by atoms with Crippen molar-refractivity contribution in [3.8, 4) is 0 Å². The van der Waals surface area contributed by atoms with Crippen LogP contribution in [0.5, 0.6) is 0 Å². The molecular weight excluding hydrogens is 340 g/mol. The second-order valence-electron chi connectivity index (χ2n) is 3.38. The van der Waals surface area contributed by atoms with Crippen LogP contribution in [0.4, 0.5) is 0 Å². The van der Waals surface area contributed by atoms with Crippen LogP contribution in [0.25, 0.3) is 0 Å². The Morgan fingerprint density at radius 1 is 1.33 bits per heavy atom. The van der Waals surface area contributed by atoms with E-state index < -0.39 is 0 Å². The quantitative estimate of drug-likeness (QED) is 0.678. The fraction of sp³-hybridized carbons (Fsp3) is 0.273. The maximum Gasteiger partial charge on any atom is 0.173 e. The van der Waals surface area contributed by atoms with Gasteiger partial charge < -0.3 is 4.42 Å². The van der Waals surface area contributed by atoms with Crippen LogP contribution in [-0.2, 0) is 0 Å². The summed E-state index contributed by atoms with van der Waals surface area (Å²) in [6.07, 6.45) is 1.70. The van der Waals surface area contributed by atoms with Gasteiger partial charge in [-0.2, -0.15) is 0 Å². The predicted octanol–water partition coefficient (Wildman–Crippen LogP) is 5.20. The number of hydrogen-bond acceptors (Lipinski definition) is 2. The number of furan rings is 1. The Morgan fingerprint density at radius 2 is 2.07 bits per heavy atom. The lowest BCUT2D eigenvalue weighted by molar-refractivity contribution is 0.537. The van der Waals surface area contributed by atoms with Crippen molar-refractivity contribution in [1.82, 2.24) is 0 Å². The smallest absolute Gasteiger partial charge is 0.173 e. The van der Waals surface area contributed by atoms with Gasteiger partial charge in [0, 0.05) is 15.3 Å². The van der Waals surface area contributed by atoms with Crippen LogP contribution < -0.4 is 0 Å². The minimum atomic E-state index is 0.204. The minimum Gasteiger partial charge on any atom is -0.457 e. The van der Waals surface area contributed by atoms with Crippen LogP contribution in [0.2, 0.25) is 0 Å². The largest absolute Gasteiger partial charge is 0.457 e.